The molecule has 3 aliphatic heterocycles. The Bertz CT molecular complexity index is 897. The predicted molar refractivity (Wildman–Crippen MR) is 128 cm³/mol. The second-order valence-corrected chi connectivity index (χ2v) is 11.6. The predicted octanol–water partition coefficient (Wildman–Crippen LogP) is 2.08. The molecule has 1 aromatic rings. The SMILES string of the molecule is CCCCNC(=O)C1N(CCCO)C(=O)[C@@H]2[C@H](C(=O)NCc3ccccc3)[C@]3(C)CCC12S3. The van der Waals surface area contributed by atoms with Gasteiger partial charge in [0.2, 0.25) is 17.7 Å². The van der Waals surface area contributed by atoms with Crippen molar-refractivity contribution in [3.63, 3.8) is 0 Å². The average molecular weight is 474 g/mol. The number of fused-ring (bicyclic) bond motifs is 1. The molecule has 3 amide bonds. The highest BCUT2D eigenvalue weighted by molar-refractivity contribution is 8.02. The lowest BCUT2D eigenvalue weighted by atomic mass is 9.66. The second kappa shape index (κ2) is 9.66. The van der Waals surface area contributed by atoms with Crippen LogP contribution in [0.25, 0.3) is 0 Å². The van der Waals surface area contributed by atoms with Crippen LogP contribution in [-0.2, 0) is 20.9 Å². The fourth-order valence-electron chi connectivity index (χ4n) is 5.99. The van der Waals surface area contributed by atoms with Gasteiger partial charge in [-0.3, -0.25) is 14.4 Å². The number of hydrogen-bond donors (Lipinski definition) is 3. The Morgan fingerprint density at radius 3 is 2.61 bits per heavy atom. The third-order valence-electron chi connectivity index (χ3n) is 7.50. The van der Waals surface area contributed by atoms with E-state index in [1.807, 2.05) is 30.3 Å². The van der Waals surface area contributed by atoms with E-state index in [1.54, 1.807) is 16.7 Å². The first-order chi connectivity index (χ1) is 15.9. The van der Waals surface area contributed by atoms with Gasteiger partial charge < -0.3 is 20.6 Å². The van der Waals surface area contributed by atoms with Gasteiger partial charge in [0, 0.05) is 31.0 Å². The minimum Gasteiger partial charge on any atom is -0.396 e. The number of carbonyl (C=O) groups excluding carboxylic acids is 3. The third-order valence-corrected chi connectivity index (χ3v) is 9.49. The van der Waals surface area contributed by atoms with Gasteiger partial charge in [0.1, 0.15) is 6.04 Å². The molecule has 7 nitrogen and oxygen atoms in total. The molecule has 3 N–H and O–H groups in total. The van der Waals surface area contributed by atoms with E-state index in [0.717, 1.165) is 31.2 Å². The molecular weight excluding hydrogens is 438 g/mol. The number of unbranched alkanes of at least 4 members (excludes halogenated alkanes) is 1. The topological polar surface area (TPSA) is 98.7 Å². The molecule has 3 heterocycles. The summed E-state index contributed by atoms with van der Waals surface area (Å²) in [6.07, 6.45) is 3.82. The molecule has 33 heavy (non-hydrogen) atoms. The molecule has 3 fully saturated rings. The van der Waals surface area contributed by atoms with E-state index in [1.165, 1.54) is 0 Å². The van der Waals surface area contributed by atoms with E-state index in [0.29, 0.717) is 26.1 Å². The number of aliphatic hydroxyl groups is 1. The molecule has 3 saturated heterocycles. The highest BCUT2D eigenvalue weighted by Crippen LogP contribution is 2.71. The summed E-state index contributed by atoms with van der Waals surface area (Å²) in [4.78, 5) is 42.2. The van der Waals surface area contributed by atoms with Gasteiger partial charge in [-0.1, -0.05) is 43.7 Å². The van der Waals surface area contributed by atoms with Crippen molar-refractivity contribution in [2.45, 2.75) is 68.0 Å². The summed E-state index contributed by atoms with van der Waals surface area (Å²) in [6.45, 7) is 5.43. The Hall–Kier alpha value is -2.06. The fourth-order valence-corrected chi connectivity index (χ4v) is 8.35. The Morgan fingerprint density at radius 1 is 1.15 bits per heavy atom. The van der Waals surface area contributed by atoms with Crippen LogP contribution in [0.4, 0.5) is 0 Å². The molecule has 2 bridgehead atoms. The number of likely N-dealkylation sites (tertiary alicyclic amines) is 1. The van der Waals surface area contributed by atoms with E-state index in [4.69, 9.17) is 0 Å². The largest absolute Gasteiger partial charge is 0.396 e. The first kappa shape index (κ1) is 24.1. The third kappa shape index (κ3) is 4.16. The smallest absolute Gasteiger partial charge is 0.244 e. The van der Waals surface area contributed by atoms with Crippen molar-refractivity contribution in [2.75, 3.05) is 19.7 Å². The van der Waals surface area contributed by atoms with E-state index in [2.05, 4.69) is 24.5 Å². The van der Waals surface area contributed by atoms with Crippen molar-refractivity contribution in [3.8, 4) is 0 Å². The van der Waals surface area contributed by atoms with Gasteiger partial charge >= 0.3 is 0 Å². The van der Waals surface area contributed by atoms with Crippen LogP contribution in [0.1, 0.15) is 51.5 Å². The minimum atomic E-state index is -0.600. The van der Waals surface area contributed by atoms with Gasteiger partial charge in [-0.05, 0) is 38.2 Å². The molecular formula is C25H35N3O4S. The van der Waals surface area contributed by atoms with Crippen LogP contribution in [0.15, 0.2) is 30.3 Å². The first-order valence-electron chi connectivity index (χ1n) is 12.1. The lowest BCUT2D eigenvalue weighted by Gasteiger charge is -2.34. The van der Waals surface area contributed by atoms with Crippen molar-refractivity contribution in [1.29, 1.82) is 0 Å². The molecule has 0 aromatic heterocycles. The fraction of sp³-hybridized carbons (Fsp3) is 0.640. The normalized spacial score (nSPS) is 32.2. The average Bonchev–Trinajstić information content (AvgIpc) is 3.37. The number of nitrogens with zero attached hydrogens (tertiary/aromatic N) is 1. The van der Waals surface area contributed by atoms with Crippen LogP contribution >= 0.6 is 11.8 Å². The Kier molecular flexibility index (Phi) is 7.05. The number of benzene rings is 1. The number of carbonyl (C=O) groups is 3. The van der Waals surface area contributed by atoms with Gasteiger partial charge in [0.05, 0.1) is 16.6 Å². The van der Waals surface area contributed by atoms with Crippen LogP contribution in [0.3, 0.4) is 0 Å². The Labute approximate surface area is 200 Å². The summed E-state index contributed by atoms with van der Waals surface area (Å²) in [6, 6.07) is 9.14. The molecule has 2 unspecified atom stereocenters. The summed E-state index contributed by atoms with van der Waals surface area (Å²) in [5.74, 6) is -1.34. The van der Waals surface area contributed by atoms with Gasteiger partial charge in [0.15, 0.2) is 0 Å². The van der Waals surface area contributed by atoms with E-state index in [9.17, 15) is 19.5 Å². The molecule has 1 aromatic carbocycles. The molecule has 8 heteroatoms. The van der Waals surface area contributed by atoms with Crippen LogP contribution in [0.2, 0.25) is 0 Å². The Balaban J connectivity index is 1.60. The van der Waals surface area contributed by atoms with Crippen LogP contribution in [0, 0.1) is 11.8 Å². The molecule has 0 saturated carbocycles. The number of hydrogen-bond acceptors (Lipinski definition) is 5. The summed E-state index contributed by atoms with van der Waals surface area (Å²) >= 11 is 1.68. The maximum atomic E-state index is 13.7. The number of thioether (sulfide) groups is 1. The van der Waals surface area contributed by atoms with Crippen LogP contribution in [0.5, 0.6) is 0 Å². The van der Waals surface area contributed by atoms with Crippen molar-refractivity contribution < 1.29 is 19.5 Å². The minimum absolute atomic E-state index is 0.0442. The van der Waals surface area contributed by atoms with Crippen LogP contribution < -0.4 is 10.6 Å². The molecule has 0 radical (unpaired) electrons. The molecule has 5 atom stereocenters. The van der Waals surface area contributed by atoms with E-state index < -0.39 is 22.6 Å². The maximum Gasteiger partial charge on any atom is 0.244 e. The van der Waals surface area contributed by atoms with Gasteiger partial charge in [-0.2, -0.15) is 0 Å². The van der Waals surface area contributed by atoms with Crippen LogP contribution in [-0.4, -0.2) is 63.0 Å². The Morgan fingerprint density at radius 2 is 1.91 bits per heavy atom. The second-order valence-electron chi connectivity index (χ2n) is 9.68. The highest BCUT2D eigenvalue weighted by Gasteiger charge is 2.76. The zero-order valence-corrected chi connectivity index (χ0v) is 20.3. The number of amides is 3. The lowest BCUT2D eigenvalue weighted by Crippen LogP contribution is -2.54. The van der Waals surface area contributed by atoms with Gasteiger partial charge in [-0.25, -0.2) is 0 Å². The summed E-state index contributed by atoms with van der Waals surface area (Å²) in [5, 5.41) is 15.5. The van der Waals surface area contributed by atoms with Gasteiger partial charge in [-0.15, -0.1) is 11.8 Å². The lowest BCUT2D eigenvalue weighted by molar-refractivity contribution is -0.140. The van der Waals surface area contributed by atoms with Crippen molar-refractivity contribution in [3.05, 3.63) is 35.9 Å². The zero-order valence-electron chi connectivity index (χ0n) is 19.5. The molecule has 180 valence electrons. The van der Waals surface area contributed by atoms with E-state index in [-0.39, 0.29) is 29.1 Å². The zero-order chi connectivity index (χ0) is 23.6. The number of aliphatic hydroxyl groups excluding tert-OH is 1. The molecule has 4 rings (SSSR count). The summed E-state index contributed by atoms with van der Waals surface area (Å²) in [7, 11) is 0. The molecule has 3 aliphatic rings. The van der Waals surface area contributed by atoms with Gasteiger partial charge in [0.25, 0.3) is 0 Å². The molecule has 0 aliphatic carbocycles. The van der Waals surface area contributed by atoms with Crippen molar-refractivity contribution >= 4 is 29.5 Å². The number of nitrogens with one attached hydrogen (secondary N) is 2. The van der Waals surface area contributed by atoms with Crippen molar-refractivity contribution in [2.24, 2.45) is 11.8 Å². The number of rotatable bonds is 10. The maximum absolute atomic E-state index is 13.7. The monoisotopic (exact) mass is 473 g/mol. The first-order valence-corrected chi connectivity index (χ1v) is 12.9. The van der Waals surface area contributed by atoms with E-state index >= 15 is 0 Å². The summed E-state index contributed by atoms with van der Waals surface area (Å²) in [5.41, 5.74) is 1.01. The van der Waals surface area contributed by atoms with Crippen molar-refractivity contribution in [1.82, 2.24) is 15.5 Å². The summed E-state index contributed by atoms with van der Waals surface area (Å²) < 4.78 is -0.960. The standard InChI is InChI=1S/C25H35N3O4S/c1-3-4-13-26-22(31)20-25-12-11-24(2,33-25)18(19(25)23(32)28(20)14-8-15-29)21(30)27-16-17-9-6-5-7-10-17/h5-7,9-10,18-20,29H,3-4,8,11-16H2,1-2H3,(H,26,31)(H,27,30)/t18-,19+,20?,24+,25?/m1/s1. The highest BCUT2D eigenvalue weighted by atomic mass is 32.2. The quantitative estimate of drug-likeness (QED) is 0.452. The molecule has 1 spiro atoms.